The summed E-state index contributed by atoms with van der Waals surface area (Å²) in [6.07, 6.45) is 0.960. The number of halogens is 1. The normalized spacial score (nSPS) is 11.6. The Labute approximate surface area is 165 Å². The highest BCUT2D eigenvalue weighted by molar-refractivity contribution is 14.1. The zero-order valence-corrected chi connectivity index (χ0v) is 16.4. The monoisotopic (exact) mass is 469 g/mol. The first-order valence-corrected chi connectivity index (χ1v) is 9.09. The molecular weight excluding hydrogens is 449 g/mol. The number of rotatable bonds is 7. The maximum absolute atomic E-state index is 12.2. The van der Waals surface area contributed by atoms with Crippen molar-refractivity contribution in [3.05, 3.63) is 57.2 Å². The molecular formula is C19H20INO5. The van der Waals surface area contributed by atoms with Gasteiger partial charge in [-0.15, -0.1) is 0 Å². The van der Waals surface area contributed by atoms with E-state index in [9.17, 15) is 19.8 Å². The summed E-state index contributed by atoms with van der Waals surface area (Å²) in [6.45, 7) is 0. The number of phenolic OH excluding ortho intramolecular Hbond substituents is 2. The standard InChI is InChI=1S/C19H20INO5/c1-26-19(25)15(10-13-4-8-16(22)17(23)11-13)21-18(24)9-5-12-2-6-14(20)7-3-12/h2-4,6-8,11,15,22-23H,5,9-10H2,1H3,(H,21,24). The summed E-state index contributed by atoms with van der Waals surface area (Å²) >= 11 is 2.22. The Kier molecular flexibility index (Phi) is 7.26. The van der Waals surface area contributed by atoms with Gasteiger partial charge in [0.2, 0.25) is 5.91 Å². The van der Waals surface area contributed by atoms with Gasteiger partial charge in [0.1, 0.15) is 6.04 Å². The van der Waals surface area contributed by atoms with E-state index in [4.69, 9.17) is 4.74 Å². The highest BCUT2D eigenvalue weighted by Crippen LogP contribution is 2.25. The number of esters is 1. The maximum Gasteiger partial charge on any atom is 0.328 e. The summed E-state index contributed by atoms with van der Waals surface area (Å²) in [5.74, 6) is -1.36. The van der Waals surface area contributed by atoms with Gasteiger partial charge in [-0.05, 0) is 64.4 Å². The van der Waals surface area contributed by atoms with Gasteiger partial charge in [-0.3, -0.25) is 4.79 Å². The second-order valence-electron chi connectivity index (χ2n) is 5.80. The maximum atomic E-state index is 12.2. The Morgan fingerprint density at radius 3 is 2.35 bits per heavy atom. The quantitative estimate of drug-likeness (QED) is 0.329. The smallest absolute Gasteiger partial charge is 0.328 e. The molecule has 0 radical (unpaired) electrons. The van der Waals surface area contributed by atoms with E-state index < -0.39 is 12.0 Å². The third kappa shape index (κ3) is 5.91. The second kappa shape index (κ2) is 9.42. The molecule has 2 aromatic rings. The minimum atomic E-state index is -0.867. The van der Waals surface area contributed by atoms with E-state index in [0.717, 1.165) is 9.13 Å². The van der Waals surface area contributed by atoms with E-state index >= 15 is 0 Å². The van der Waals surface area contributed by atoms with Crippen LogP contribution in [0.15, 0.2) is 42.5 Å². The number of aryl methyl sites for hydroxylation is 1. The van der Waals surface area contributed by atoms with Crippen molar-refractivity contribution in [1.82, 2.24) is 5.32 Å². The minimum absolute atomic E-state index is 0.149. The first kappa shape index (κ1) is 20.0. The fourth-order valence-corrected chi connectivity index (χ4v) is 2.80. The van der Waals surface area contributed by atoms with Crippen LogP contribution in [-0.4, -0.2) is 35.2 Å². The Hall–Kier alpha value is -2.29. The average molecular weight is 469 g/mol. The molecule has 0 aliphatic heterocycles. The number of methoxy groups -OCH3 is 1. The molecule has 0 saturated heterocycles. The Bertz CT molecular complexity index is 776. The number of nitrogens with one attached hydrogen (secondary N) is 1. The molecule has 0 aliphatic rings. The summed E-state index contributed by atoms with van der Waals surface area (Å²) < 4.78 is 5.87. The Morgan fingerprint density at radius 1 is 1.08 bits per heavy atom. The van der Waals surface area contributed by atoms with Gasteiger partial charge in [0.25, 0.3) is 0 Å². The van der Waals surface area contributed by atoms with Crippen LogP contribution in [0, 0.1) is 3.57 Å². The van der Waals surface area contributed by atoms with Crippen LogP contribution in [0.3, 0.4) is 0 Å². The molecule has 0 spiro atoms. The molecule has 0 fully saturated rings. The van der Waals surface area contributed by atoms with Crippen molar-refractivity contribution in [3.63, 3.8) is 0 Å². The Morgan fingerprint density at radius 2 is 1.73 bits per heavy atom. The number of hydrogen-bond donors (Lipinski definition) is 3. The van der Waals surface area contributed by atoms with Crippen molar-refractivity contribution in [2.45, 2.75) is 25.3 Å². The van der Waals surface area contributed by atoms with Gasteiger partial charge in [-0.25, -0.2) is 4.79 Å². The number of amides is 1. The van der Waals surface area contributed by atoms with Crippen molar-refractivity contribution in [1.29, 1.82) is 0 Å². The third-order valence-corrected chi connectivity index (χ3v) is 4.57. The largest absolute Gasteiger partial charge is 0.504 e. The Balaban J connectivity index is 1.97. The van der Waals surface area contributed by atoms with Gasteiger partial charge < -0.3 is 20.3 Å². The lowest BCUT2D eigenvalue weighted by Gasteiger charge is -2.17. The summed E-state index contributed by atoms with van der Waals surface area (Å²) in [6, 6.07) is 11.3. The average Bonchev–Trinajstić information content (AvgIpc) is 2.63. The molecule has 138 valence electrons. The van der Waals surface area contributed by atoms with Crippen LogP contribution in [0.2, 0.25) is 0 Å². The molecule has 0 bridgehead atoms. The molecule has 26 heavy (non-hydrogen) atoms. The van der Waals surface area contributed by atoms with Crippen LogP contribution >= 0.6 is 22.6 Å². The van der Waals surface area contributed by atoms with Crippen LogP contribution < -0.4 is 5.32 Å². The van der Waals surface area contributed by atoms with Gasteiger partial charge in [0.15, 0.2) is 11.5 Å². The highest BCUT2D eigenvalue weighted by atomic mass is 127. The van der Waals surface area contributed by atoms with Gasteiger partial charge in [-0.2, -0.15) is 0 Å². The van der Waals surface area contributed by atoms with E-state index in [2.05, 4.69) is 27.9 Å². The SMILES string of the molecule is COC(=O)C(Cc1ccc(O)c(O)c1)NC(=O)CCc1ccc(I)cc1. The molecule has 0 saturated carbocycles. The predicted octanol–water partition coefficient (Wildman–Crippen LogP) is 2.54. The van der Waals surface area contributed by atoms with E-state index in [1.807, 2.05) is 24.3 Å². The third-order valence-electron chi connectivity index (χ3n) is 3.85. The van der Waals surface area contributed by atoms with Crippen molar-refractivity contribution in [2.75, 3.05) is 7.11 Å². The molecule has 2 aromatic carbocycles. The van der Waals surface area contributed by atoms with E-state index in [0.29, 0.717) is 12.0 Å². The van der Waals surface area contributed by atoms with Crippen LogP contribution in [-0.2, 0) is 27.2 Å². The molecule has 3 N–H and O–H groups in total. The van der Waals surface area contributed by atoms with E-state index in [-0.39, 0.29) is 30.2 Å². The number of benzene rings is 2. The lowest BCUT2D eigenvalue weighted by atomic mass is 10.0. The lowest BCUT2D eigenvalue weighted by Crippen LogP contribution is -2.43. The van der Waals surface area contributed by atoms with E-state index in [1.54, 1.807) is 6.07 Å². The number of hydrogen-bond acceptors (Lipinski definition) is 5. The van der Waals surface area contributed by atoms with Crippen LogP contribution in [0.4, 0.5) is 0 Å². The number of phenols is 2. The van der Waals surface area contributed by atoms with Gasteiger partial charge in [-0.1, -0.05) is 18.2 Å². The topological polar surface area (TPSA) is 95.9 Å². The first-order valence-electron chi connectivity index (χ1n) is 8.01. The summed E-state index contributed by atoms with van der Waals surface area (Å²) in [4.78, 5) is 24.2. The number of aromatic hydroxyl groups is 2. The van der Waals surface area contributed by atoms with Gasteiger partial charge >= 0.3 is 5.97 Å². The minimum Gasteiger partial charge on any atom is -0.504 e. The van der Waals surface area contributed by atoms with Crippen LogP contribution in [0.5, 0.6) is 11.5 Å². The lowest BCUT2D eigenvalue weighted by molar-refractivity contribution is -0.145. The zero-order chi connectivity index (χ0) is 19.1. The fraction of sp³-hybridized carbons (Fsp3) is 0.263. The van der Waals surface area contributed by atoms with Crippen molar-refractivity contribution < 1.29 is 24.5 Å². The fourth-order valence-electron chi connectivity index (χ4n) is 2.44. The molecule has 0 aliphatic carbocycles. The molecule has 1 unspecified atom stereocenters. The van der Waals surface area contributed by atoms with Gasteiger partial charge in [0, 0.05) is 16.4 Å². The van der Waals surface area contributed by atoms with E-state index in [1.165, 1.54) is 19.2 Å². The summed E-state index contributed by atoms with van der Waals surface area (Å²) in [7, 11) is 1.25. The highest BCUT2D eigenvalue weighted by Gasteiger charge is 2.22. The second-order valence-corrected chi connectivity index (χ2v) is 7.04. The summed E-state index contributed by atoms with van der Waals surface area (Å²) in [5, 5.41) is 21.6. The van der Waals surface area contributed by atoms with Crippen LogP contribution in [0.1, 0.15) is 17.5 Å². The van der Waals surface area contributed by atoms with Crippen LogP contribution in [0.25, 0.3) is 0 Å². The summed E-state index contributed by atoms with van der Waals surface area (Å²) in [5.41, 5.74) is 1.63. The van der Waals surface area contributed by atoms with Crippen molar-refractivity contribution in [2.24, 2.45) is 0 Å². The first-order chi connectivity index (χ1) is 12.4. The molecule has 0 heterocycles. The molecule has 7 heteroatoms. The van der Waals surface area contributed by atoms with Crippen molar-refractivity contribution in [3.8, 4) is 11.5 Å². The number of carbonyl (C=O) groups is 2. The molecule has 6 nitrogen and oxygen atoms in total. The zero-order valence-electron chi connectivity index (χ0n) is 14.2. The number of carbonyl (C=O) groups excluding carboxylic acids is 2. The van der Waals surface area contributed by atoms with Crippen molar-refractivity contribution >= 4 is 34.5 Å². The van der Waals surface area contributed by atoms with Gasteiger partial charge in [0.05, 0.1) is 7.11 Å². The number of ether oxygens (including phenoxy) is 1. The predicted molar refractivity (Wildman–Crippen MR) is 105 cm³/mol. The molecule has 1 atom stereocenters. The molecule has 1 amide bonds. The molecule has 2 rings (SSSR count). The molecule has 0 aromatic heterocycles.